The minimum absolute atomic E-state index is 0.0618. The Labute approximate surface area is 113 Å². The molecule has 0 aliphatic heterocycles. The van der Waals surface area contributed by atoms with Gasteiger partial charge in [-0.25, -0.2) is 8.78 Å². The Bertz CT molecular complexity index is 427. The second-order valence-corrected chi connectivity index (χ2v) is 4.69. The fraction of sp³-hybridized carbons (Fsp3) is 0.417. The van der Waals surface area contributed by atoms with Crippen molar-refractivity contribution in [1.82, 2.24) is 0 Å². The lowest BCUT2D eigenvalue weighted by atomic mass is 10.1. The van der Waals surface area contributed by atoms with Gasteiger partial charge in [-0.3, -0.25) is 4.79 Å². The number of nitrogens with zero attached hydrogens (tertiary/aromatic N) is 1. The average Bonchev–Trinajstić information content (AvgIpc) is 2.27. The van der Waals surface area contributed by atoms with E-state index in [1.165, 1.54) is 11.8 Å². The first-order chi connectivity index (χ1) is 8.45. The lowest BCUT2D eigenvalue weighted by molar-refractivity contribution is 0.101. The van der Waals surface area contributed by atoms with E-state index in [0.717, 1.165) is 0 Å². The van der Waals surface area contributed by atoms with Crippen LogP contribution in [-0.4, -0.2) is 37.0 Å². The molecule has 0 atom stereocenters. The predicted octanol–water partition coefficient (Wildman–Crippen LogP) is 2.72. The first-order valence-corrected chi connectivity index (χ1v) is 6.19. The zero-order valence-electron chi connectivity index (χ0n) is 9.87. The Morgan fingerprint density at radius 3 is 2.67 bits per heavy atom. The van der Waals surface area contributed by atoms with Crippen LogP contribution in [0.2, 0.25) is 0 Å². The minimum Gasteiger partial charge on any atom is -0.395 e. The monoisotopic (exact) mass is 321 g/mol. The Morgan fingerprint density at radius 1 is 1.50 bits per heavy atom. The summed E-state index contributed by atoms with van der Waals surface area (Å²) in [5.41, 5.74) is 0.776. The predicted molar refractivity (Wildman–Crippen MR) is 69.4 cm³/mol. The highest BCUT2D eigenvalue weighted by molar-refractivity contribution is 9.10. The zero-order valence-corrected chi connectivity index (χ0v) is 11.5. The molecule has 18 heavy (non-hydrogen) atoms. The molecule has 1 aromatic rings. The number of carbonyl (C=O) groups is 1. The number of Topliss-reactive ketones (excluding diaryl/α,β-unsaturated/α-hetero) is 1. The molecule has 0 heterocycles. The quantitative estimate of drug-likeness (QED) is 0.819. The fourth-order valence-corrected chi connectivity index (χ4v) is 2.02. The summed E-state index contributed by atoms with van der Waals surface area (Å²) in [6, 6.07) is 4.87. The first-order valence-electron chi connectivity index (χ1n) is 5.40. The second-order valence-electron chi connectivity index (χ2n) is 3.78. The fourth-order valence-electron chi connectivity index (χ4n) is 1.66. The molecule has 0 saturated carbocycles. The molecule has 0 aliphatic rings. The summed E-state index contributed by atoms with van der Waals surface area (Å²) in [4.78, 5) is 12.8. The van der Waals surface area contributed by atoms with Crippen LogP contribution in [0.5, 0.6) is 0 Å². The van der Waals surface area contributed by atoms with Crippen molar-refractivity contribution < 1.29 is 18.7 Å². The van der Waals surface area contributed by atoms with E-state index in [1.54, 1.807) is 18.2 Å². The van der Waals surface area contributed by atoms with Gasteiger partial charge in [-0.15, -0.1) is 0 Å². The van der Waals surface area contributed by atoms with E-state index in [1.807, 2.05) is 0 Å². The summed E-state index contributed by atoms with van der Waals surface area (Å²) in [5, 5.41) is 8.91. The lowest BCUT2D eigenvalue weighted by Crippen LogP contribution is -2.32. The van der Waals surface area contributed by atoms with Gasteiger partial charge in [0.1, 0.15) is 0 Å². The van der Waals surface area contributed by atoms with Gasteiger partial charge in [0, 0.05) is 22.3 Å². The molecule has 1 aromatic carbocycles. The normalized spacial score (nSPS) is 10.8. The Hall–Kier alpha value is -1.01. The van der Waals surface area contributed by atoms with Crippen molar-refractivity contribution in [2.75, 3.05) is 24.6 Å². The van der Waals surface area contributed by atoms with E-state index < -0.39 is 13.0 Å². The van der Waals surface area contributed by atoms with Crippen LogP contribution in [-0.2, 0) is 0 Å². The van der Waals surface area contributed by atoms with Gasteiger partial charge in [-0.05, 0) is 25.1 Å². The molecule has 6 heteroatoms. The smallest absolute Gasteiger partial charge is 0.255 e. The van der Waals surface area contributed by atoms with E-state index in [4.69, 9.17) is 5.11 Å². The third-order valence-electron chi connectivity index (χ3n) is 2.41. The minimum atomic E-state index is -2.53. The molecule has 1 N–H and O–H groups in total. The number of hydrogen-bond donors (Lipinski definition) is 1. The molecule has 1 rings (SSSR count). The van der Waals surface area contributed by atoms with E-state index >= 15 is 0 Å². The number of alkyl halides is 2. The maximum atomic E-state index is 12.5. The summed E-state index contributed by atoms with van der Waals surface area (Å²) in [6.45, 7) is 0.680. The van der Waals surface area contributed by atoms with Crippen molar-refractivity contribution in [2.45, 2.75) is 13.3 Å². The van der Waals surface area contributed by atoms with Gasteiger partial charge in [-0.1, -0.05) is 15.9 Å². The van der Waals surface area contributed by atoms with E-state index in [0.29, 0.717) is 15.7 Å². The number of hydrogen-bond acceptors (Lipinski definition) is 3. The van der Waals surface area contributed by atoms with Crippen molar-refractivity contribution in [1.29, 1.82) is 0 Å². The van der Waals surface area contributed by atoms with Crippen LogP contribution in [0.3, 0.4) is 0 Å². The molecular formula is C12H14BrF2NO2. The van der Waals surface area contributed by atoms with Crippen LogP contribution in [0.4, 0.5) is 14.5 Å². The van der Waals surface area contributed by atoms with Gasteiger partial charge in [0.25, 0.3) is 6.43 Å². The zero-order chi connectivity index (χ0) is 13.7. The van der Waals surface area contributed by atoms with Crippen molar-refractivity contribution in [3.05, 3.63) is 28.2 Å². The van der Waals surface area contributed by atoms with Gasteiger partial charge < -0.3 is 10.0 Å². The lowest BCUT2D eigenvalue weighted by Gasteiger charge is -2.25. The van der Waals surface area contributed by atoms with Crippen molar-refractivity contribution in [3.63, 3.8) is 0 Å². The largest absolute Gasteiger partial charge is 0.395 e. The number of ketones is 1. The molecule has 0 aliphatic carbocycles. The summed E-state index contributed by atoms with van der Waals surface area (Å²) < 4.78 is 25.7. The average molecular weight is 322 g/mol. The second kappa shape index (κ2) is 6.80. The Balaban J connectivity index is 3.13. The van der Waals surface area contributed by atoms with Gasteiger partial charge in [0.15, 0.2) is 5.78 Å². The molecule has 0 fully saturated rings. The molecule has 0 saturated heterocycles. The van der Waals surface area contributed by atoms with Crippen molar-refractivity contribution in [3.8, 4) is 0 Å². The molecular weight excluding hydrogens is 308 g/mol. The molecule has 0 bridgehead atoms. The van der Waals surface area contributed by atoms with E-state index in [9.17, 15) is 13.6 Å². The number of benzene rings is 1. The van der Waals surface area contributed by atoms with Crippen LogP contribution in [0, 0.1) is 0 Å². The summed E-state index contributed by atoms with van der Waals surface area (Å²) in [7, 11) is 0. The molecule has 0 spiro atoms. The number of rotatable bonds is 6. The first kappa shape index (κ1) is 15.0. The number of aliphatic hydroxyl groups excluding tert-OH is 1. The highest BCUT2D eigenvalue weighted by Crippen LogP contribution is 2.25. The molecule has 0 radical (unpaired) electrons. The highest BCUT2D eigenvalue weighted by atomic mass is 79.9. The maximum absolute atomic E-state index is 12.5. The highest BCUT2D eigenvalue weighted by Gasteiger charge is 2.17. The SMILES string of the molecule is CC(=O)c1cc(Br)ccc1N(CCO)CC(F)F. The molecule has 3 nitrogen and oxygen atoms in total. The topological polar surface area (TPSA) is 40.5 Å². The van der Waals surface area contributed by atoms with Crippen molar-refractivity contribution >= 4 is 27.4 Å². The molecule has 0 amide bonds. The molecule has 100 valence electrons. The summed E-state index contributed by atoms with van der Waals surface area (Å²) in [5.74, 6) is -0.205. The number of carbonyl (C=O) groups excluding carboxylic acids is 1. The van der Waals surface area contributed by atoms with Crippen LogP contribution < -0.4 is 4.90 Å². The van der Waals surface area contributed by atoms with Crippen LogP contribution in [0.1, 0.15) is 17.3 Å². The van der Waals surface area contributed by atoms with E-state index in [2.05, 4.69) is 15.9 Å². The summed E-state index contributed by atoms with van der Waals surface area (Å²) in [6.07, 6.45) is -2.53. The third kappa shape index (κ3) is 4.03. The van der Waals surface area contributed by atoms with E-state index in [-0.39, 0.29) is 18.9 Å². The van der Waals surface area contributed by atoms with Crippen LogP contribution in [0.15, 0.2) is 22.7 Å². The Kier molecular flexibility index (Phi) is 5.68. The molecule has 0 unspecified atom stereocenters. The molecule has 0 aromatic heterocycles. The third-order valence-corrected chi connectivity index (χ3v) is 2.90. The Morgan fingerprint density at radius 2 is 2.17 bits per heavy atom. The van der Waals surface area contributed by atoms with Crippen LogP contribution in [0.25, 0.3) is 0 Å². The van der Waals surface area contributed by atoms with Gasteiger partial charge in [0.05, 0.1) is 13.2 Å². The van der Waals surface area contributed by atoms with Crippen molar-refractivity contribution in [2.24, 2.45) is 0 Å². The maximum Gasteiger partial charge on any atom is 0.255 e. The number of halogens is 3. The van der Waals surface area contributed by atoms with Crippen LogP contribution >= 0.6 is 15.9 Å². The van der Waals surface area contributed by atoms with Gasteiger partial charge >= 0.3 is 0 Å². The number of aliphatic hydroxyl groups is 1. The van der Waals surface area contributed by atoms with Gasteiger partial charge in [0.2, 0.25) is 0 Å². The number of anilines is 1. The summed E-state index contributed by atoms with van der Waals surface area (Å²) >= 11 is 3.24. The van der Waals surface area contributed by atoms with Gasteiger partial charge in [-0.2, -0.15) is 0 Å². The standard InChI is InChI=1S/C12H14BrF2NO2/c1-8(18)10-6-9(13)2-3-11(10)16(4-5-17)7-12(14)15/h2-3,6,12,17H,4-5,7H2,1H3.